The summed E-state index contributed by atoms with van der Waals surface area (Å²) in [5.41, 5.74) is 3.31. The fraction of sp³-hybridized carbons (Fsp3) is 0.0952. The predicted molar refractivity (Wildman–Crippen MR) is 103 cm³/mol. The second-order valence-electron chi connectivity index (χ2n) is 6.26. The summed E-state index contributed by atoms with van der Waals surface area (Å²) < 4.78 is 28.1. The van der Waals surface area contributed by atoms with E-state index >= 15 is 0 Å². The third-order valence-corrected chi connectivity index (χ3v) is 6.10. The molecule has 0 atom stereocenters. The summed E-state index contributed by atoms with van der Waals surface area (Å²) in [6.07, 6.45) is 0.445. The van der Waals surface area contributed by atoms with Gasteiger partial charge >= 0.3 is 0 Å². The summed E-state index contributed by atoms with van der Waals surface area (Å²) >= 11 is 0. The summed E-state index contributed by atoms with van der Waals surface area (Å²) in [5.74, 6) is 0.512. The quantitative estimate of drug-likeness (QED) is 0.547. The van der Waals surface area contributed by atoms with Crippen molar-refractivity contribution < 1.29 is 8.42 Å². The van der Waals surface area contributed by atoms with E-state index in [9.17, 15) is 8.42 Å². The highest BCUT2D eigenvalue weighted by Gasteiger charge is 2.24. The van der Waals surface area contributed by atoms with E-state index in [1.807, 2.05) is 67.6 Å². The molecular weight excluding hydrogens is 344 g/mol. The summed E-state index contributed by atoms with van der Waals surface area (Å²) in [7, 11) is -3.74. The number of benzene rings is 3. The molecule has 0 amide bonds. The summed E-state index contributed by atoms with van der Waals surface area (Å²) in [4.78, 5) is 4.87. The van der Waals surface area contributed by atoms with E-state index in [0.29, 0.717) is 23.3 Å². The van der Waals surface area contributed by atoms with Gasteiger partial charge < -0.3 is 0 Å². The molecule has 1 heterocycles. The Morgan fingerprint density at radius 3 is 2.23 bits per heavy atom. The Labute approximate surface area is 152 Å². The van der Waals surface area contributed by atoms with Crippen molar-refractivity contribution in [1.29, 1.82) is 0 Å². The van der Waals surface area contributed by atoms with Gasteiger partial charge in [-0.1, -0.05) is 60.2 Å². The SMILES string of the molecule is Cc1ccc(S(=O)(=O)n2c(Cc3ccccc3)nc3ccccc32)cc1. The van der Waals surface area contributed by atoms with Crippen LogP contribution in [0.1, 0.15) is 17.0 Å². The summed E-state index contributed by atoms with van der Waals surface area (Å²) in [5, 5.41) is 0. The van der Waals surface area contributed by atoms with E-state index in [1.165, 1.54) is 3.97 Å². The number of imidazole rings is 1. The number of nitrogens with zero attached hydrogens (tertiary/aromatic N) is 2. The van der Waals surface area contributed by atoms with Crippen LogP contribution < -0.4 is 0 Å². The fourth-order valence-electron chi connectivity index (χ4n) is 3.03. The Kier molecular flexibility index (Phi) is 4.09. The van der Waals surface area contributed by atoms with Crippen LogP contribution in [0.15, 0.2) is 83.8 Å². The number of hydrogen-bond donors (Lipinski definition) is 0. The monoisotopic (exact) mass is 362 g/mol. The van der Waals surface area contributed by atoms with E-state index in [-0.39, 0.29) is 4.90 Å². The standard InChI is InChI=1S/C21H18N2O2S/c1-16-11-13-18(14-12-16)26(24,25)23-20-10-6-5-9-19(20)22-21(23)15-17-7-3-2-4-8-17/h2-14H,15H2,1H3. The van der Waals surface area contributed by atoms with Gasteiger partial charge in [0, 0.05) is 6.42 Å². The van der Waals surface area contributed by atoms with Crippen molar-refractivity contribution in [3.8, 4) is 0 Å². The van der Waals surface area contributed by atoms with Crippen LogP contribution in [0, 0.1) is 6.92 Å². The van der Waals surface area contributed by atoms with E-state index in [0.717, 1.165) is 11.1 Å². The van der Waals surface area contributed by atoms with Crippen molar-refractivity contribution in [2.24, 2.45) is 0 Å². The van der Waals surface area contributed by atoms with Gasteiger partial charge in [-0.15, -0.1) is 0 Å². The Morgan fingerprint density at radius 1 is 0.846 bits per heavy atom. The maximum atomic E-state index is 13.4. The first-order chi connectivity index (χ1) is 12.6. The maximum absolute atomic E-state index is 13.4. The molecule has 1 aromatic heterocycles. The Balaban J connectivity index is 1.92. The van der Waals surface area contributed by atoms with Gasteiger partial charge in [-0.2, -0.15) is 0 Å². The average Bonchev–Trinajstić information content (AvgIpc) is 3.01. The number of aryl methyl sites for hydroxylation is 1. The fourth-order valence-corrected chi connectivity index (χ4v) is 4.51. The Morgan fingerprint density at radius 2 is 1.50 bits per heavy atom. The molecule has 0 saturated heterocycles. The number of rotatable bonds is 4. The molecule has 0 radical (unpaired) electrons. The Hall–Kier alpha value is -2.92. The van der Waals surface area contributed by atoms with Crippen molar-refractivity contribution in [3.63, 3.8) is 0 Å². The van der Waals surface area contributed by atoms with Crippen LogP contribution >= 0.6 is 0 Å². The minimum absolute atomic E-state index is 0.264. The van der Waals surface area contributed by atoms with Crippen LogP contribution in [-0.2, 0) is 16.4 Å². The van der Waals surface area contributed by atoms with Crippen molar-refractivity contribution in [2.45, 2.75) is 18.2 Å². The molecule has 0 aliphatic rings. The lowest BCUT2D eigenvalue weighted by molar-refractivity contribution is 0.586. The van der Waals surface area contributed by atoms with Crippen LogP contribution in [0.25, 0.3) is 11.0 Å². The van der Waals surface area contributed by atoms with Gasteiger partial charge in [0.1, 0.15) is 5.82 Å². The lowest BCUT2D eigenvalue weighted by Gasteiger charge is -2.11. The molecule has 0 aliphatic carbocycles. The molecule has 26 heavy (non-hydrogen) atoms. The molecule has 130 valence electrons. The second-order valence-corrected chi connectivity index (χ2v) is 8.05. The van der Waals surface area contributed by atoms with Crippen LogP contribution in [0.2, 0.25) is 0 Å². The highest BCUT2D eigenvalue weighted by atomic mass is 32.2. The topological polar surface area (TPSA) is 52.0 Å². The highest BCUT2D eigenvalue weighted by Crippen LogP contribution is 2.25. The van der Waals surface area contributed by atoms with Crippen LogP contribution in [0.4, 0.5) is 0 Å². The van der Waals surface area contributed by atoms with Gasteiger partial charge in [0.2, 0.25) is 0 Å². The van der Waals surface area contributed by atoms with Crippen LogP contribution in [-0.4, -0.2) is 17.4 Å². The minimum Gasteiger partial charge on any atom is -0.232 e. The van der Waals surface area contributed by atoms with Crippen molar-refractivity contribution >= 4 is 21.1 Å². The molecule has 5 heteroatoms. The first-order valence-electron chi connectivity index (χ1n) is 8.38. The van der Waals surface area contributed by atoms with Gasteiger partial charge in [-0.25, -0.2) is 17.4 Å². The molecule has 0 fully saturated rings. The maximum Gasteiger partial charge on any atom is 0.269 e. The Bertz CT molecular complexity index is 1160. The third kappa shape index (κ3) is 2.91. The normalized spacial score (nSPS) is 11.7. The molecule has 0 unspecified atom stereocenters. The average molecular weight is 362 g/mol. The summed E-state index contributed by atoms with van der Waals surface area (Å²) in [6, 6.07) is 24.0. The first-order valence-corrected chi connectivity index (χ1v) is 9.82. The highest BCUT2D eigenvalue weighted by molar-refractivity contribution is 7.90. The van der Waals surface area contributed by atoms with Gasteiger partial charge in [-0.3, -0.25) is 0 Å². The number of hydrogen-bond acceptors (Lipinski definition) is 3. The lowest BCUT2D eigenvalue weighted by atomic mass is 10.1. The smallest absolute Gasteiger partial charge is 0.232 e. The predicted octanol–water partition coefficient (Wildman–Crippen LogP) is 4.17. The van der Waals surface area contributed by atoms with E-state index in [1.54, 1.807) is 18.2 Å². The zero-order chi connectivity index (χ0) is 18.1. The third-order valence-electron chi connectivity index (χ3n) is 4.35. The van der Waals surface area contributed by atoms with Crippen molar-refractivity contribution in [3.05, 3.63) is 95.8 Å². The number of aromatic nitrogens is 2. The zero-order valence-electron chi connectivity index (χ0n) is 14.3. The van der Waals surface area contributed by atoms with Crippen LogP contribution in [0.5, 0.6) is 0 Å². The largest absolute Gasteiger partial charge is 0.269 e. The molecule has 0 bridgehead atoms. The molecule has 0 spiro atoms. The second kappa shape index (κ2) is 6.42. The van der Waals surface area contributed by atoms with Crippen LogP contribution in [0.3, 0.4) is 0 Å². The number of para-hydroxylation sites is 2. The molecule has 0 saturated carbocycles. The molecule has 4 aromatic rings. The molecule has 4 nitrogen and oxygen atoms in total. The van der Waals surface area contributed by atoms with E-state index in [4.69, 9.17) is 0 Å². The zero-order valence-corrected chi connectivity index (χ0v) is 15.1. The van der Waals surface area contributed by atoms with Gasteiger partial charge in [-0.05, 0) is 36.8 Å². The van der Waals surface area contributed by atoms with Gasteiger partial charge in [0.25, 0.3) is 10.0 Å². The molecular formula is C21H18N2O2S. The van der Waals surface area contributed by atoms with Crippen molar-refractivity contribution in [2.75, 3.05) is 0 Å². The molecule has 0 N–H and O–H groups in total. The van der Waals surface area contributed by atoms with E-state index in [2.05, 4.69) is 4.98 Å². The van der Waals surface area contributed by atoms with E-state index < -0.39 is 10.0 Å². The lowest BCUT2D eigenvalue weighted by Crippen LogP contribution is -2.16. The molecule has 0 aliphatic heterocycles. The summed E-state index contributed by atoms with van der Waals surface area (Å²) in [6.45, 7) is 1.93. The first kappa shape index (κ1) is 16.5. The minimum atomic E-state index is -3.74. The molecule has 3 aromatic carbocycles. The molecule has 4 rings (SSSR count). The van der Waals surface area contributed by atoms with Gasteiger partial charge in [0.15, 0.2) is 0 Å². The van der Waals surface area contributed by atoms with Crippen molar-refractivity contribution in [1.82, 2.24) is 8.96 Å². The van der Waals surface area contributed by atoms with Gasteiger partial charge in [0.05, 0.1) is 15.9 Å². The number of fused-ring (bicyclic) bond motifs is 1.